The number of hydrogen-bond acceptors (Lipinski definition) is 2. The first kappa shape index (κ1) is 16.9. The van der Waals surface area contributed by atoms with Gasteiger partial charge in [-0.05, 0) is 86.0 Å². The lowest BCUT2D eigenvalue weighted by atomic mass is 9.48. The third-order valence-corrected chi connectivity index (χ3v) is 8.13. The first-order chi connectivity index (χ1) is 11.9. The molecule has 7 atom stereocenters. The molecular weight excluding hydrogens is 308 g/mol. The van der Waals surface area contributed by atoms with Crippen LogP contribution in [0.3, 0.4) is 0 Å². The lowest BCUT2D eigenvalue weighted by molar-refractivity contribution is -0.117. The second-order valence-corrected chi connectivity index (χ2v) is 9.11. The zero-order valence-electron chi connectivity index (χ0n) is 15.3. The Morgan fingerprint density at radius 1 is 1.28 bits per heavy atom. The smallest absolute Gasteiger partial charge is 0.155 e. The largest absolute Gasteiger partial charge is 0.377 e. The van der Waals surface area contributed by atoms with Crippen molar-refractivity contribution >= 4 is 5.78 Å². The molecule has 132 valence electrons. The number of aliphatic hydroxyl groups is 1. The van der Waals surface area contributed by atoms with E-state index >= 15 is 0 Å². The zero-order valence-corrected chi connectivity index (χ0v) is 15.3. The standard InChI is InChI=1S/C23H28O2/c1-4-5-10-23(25)12-9-20-21-15(2)13-16-14-17(24)6-7-18(16)19(21)8-11-22(20,23)3/h1,14-15,18-21,25H,6-9,11-13H2,2-3H3/t15?,18?,19?,20?,21?,22-,23-/m0/s1. The van der Waals surface area contributed by atoms with Crippen LogP contribution in [-0.2, 0) is 4.79 Å². The lowest BCUT2D eigenvalue weighted by Crippen LogP contribution is -2.54. The Hall–Kier alpha value is -1.51. The molecule has 0 bridgehead atoms. The maximum Gasteiger partial charge on any atom is 0.155 e. The van der Waals surface area contributed by atoms with Gasteiger partial charge >= 0.3 is 0 Å². The molecule has 4 aliphatic carbocycles. The highest BCUT2D eigenvalue weighted by atomic mass is 16.3. The maximum atomic E-state index is 11.9. The molecule has 4 aliphatic rings. The van der Waals surface area contributed by atoms with Crippen LogP contribution in [0.1, 0.15) is 58.8 Å². The van der Waals surface area contributed by atoms with E-state index in [2.05, 4.69) is 31.6 Å². The molecule has 4 rings (SSSR count). The van der Waals surface area contributed by atoms with Gasteiger partial charge in [0.1, 0.15) is 5.60 Å². The van der Waals surface area contributed by atoms with E-state index in [9.17, 15) is 9.90 Å². The molecule has 0 aromatic carbocycles. The number of fused-ring (bicyclic) bond motifs is 5. The van der Waals surface area contributed by atoms with Gasteiger partial charge in [-0.2, -0.15) is 0 Å². The van der Waals surface area contributed by atoms with E-state index in [0.29, 0.717) is 41.8 Å². The summed E-state index contributed by atoms with van der Waals surface area (Å²) in [5, 5.41) is 11.3. The molecule has 0 saturated heterocycles. The van der Waals surface area contributed by atoms with Gasteiger partial charge in [-0.15, -0.1) is 6.42 Å². The molecule has 0 aliphatic heterocycles. The Bertz CT molecular complexity index is 729. The van der Waals surface area contributed by atoms with Crippen molar-refractivity contribution in [1.29, 1.82) is 0 Å². The molecule has 0 radical (unpaired) electrons. The van der Waals surface area contributed by atoms with Crippen LogP contribution >= 0.6 is 0 Å². The SMILES string of the molecule is C#CC#C[C@]1(O)CCC2C3C(C)CC4=CC(=O)CCC4C3CC[C@@]21C. The Morgan fingerprint density at radius 2 is 2.08 bits per heavy atom. The van der Waals surface area contributed by atoms with Crippen LogP contribution < -0.4 is 0 Å². The first-order valence-electron chi connectivity index (χ1n) is 9.83. The quantitative estimate of drug-likeness (QED) is 0.684. The first-order valence-corrected chi connectivity index (χ1v) is 9.83. The van der Waals surface area contributed by atoms with Gasteiger partial charge in [0.15, 0.2) is 5.78 Å². The highest BCUT2D eigenvalue weighted by Gasteiger charge is 2.63. The van der Waals surface area contributed by atoms with Crippen molar-refractivity contribution in [2.24, 2.45) is 35.0 Å². The van der Waals surface area contributed by atoms with Crippen molar-refractivity contribution in [3.8, 4) is 24.2 Å². The predicted octanol–water partition coefficient (Wildman–Crippen LogP) is 3.74. The molecule has 3 fully saturated rings. The summed E-state index contributed by atoms with van der Waals surface area (Å²) in [5.41, 5.74) is 0.319. The van der Waals surface area contributed by atoms with Crippen LogP contribution in [0.5, 0.6) is 0 Å². The Kier molecular flexibility index (Phi) is 3.90. The topological polar surface area (TPSA) is 37.3 Å². The fourth-order valence-corrected chi connectivity index (χ4v) is 6.95. The Balaban J connectivity index is 1.68. The van der Waals surface area contributed by atoms with Gasteiger partial charge in [0.05, 0.1) is 0 Å². The number of carbonyl (C=O) groups is 1. The minimum absolute atomic E-state index is 0.155. The normalized spacial score (nSPS) is 48.2. The summed E-state index contributed by atoms with van der Waals surface area (Å²) in [7, 11) is 0. The van der Waals surface area contributed by atoms with Gasteiger partial charge in [-0.1, -0.05) is 25.3 Å². The highest BCUT2D eigenvalue weighted by Crippen LogP contribution is 2.65. The third kappa shape index (κ3) is 2.34. The second-order valence-electron chi connectivity index (χ2n) is 9.11. The van der Waals surface area contributed by atoms with E-state index in [0.717, 1.165) is 38.5 Å². The van der Waals surface area contributed by atoms with E-state index in [-0.39, 0.29) is 5.41 Å². The summed E-state index contributed by atoms with van der Waals surface area (Å²) >= 11 is 0. The van der Waals surface area contributed by atoms with Crippen LogP contribution in [0.4, 0.5) is 0 Å². The van der Waals surface area contributed by atoms with Crippen molar-refractivity contribution in [3.05, 3.63) is 11.6 Å². The summed E-state index contributed by atoms with van der Waals surface area (Å²) < 4.78 is 0. The average Bonchev–Trinajstić information content (AvgIpc) is 2.84. The molecule has 25 heavy (non-hydrogen) atoms. The van der Waals surface area contributed by atoms with Crippen molar-refractivity contribution < 1.29 is 9.90 Å². The second kappa shape index (κ2) is 5.75. The number of allylic oxidation sites excluding steroid dienone is 1. The lowest BCUT2D eigenvalue weighted by Gasteiger charge is -2.56. The summed E-state index contributed by atoms with van der Waals surface area (Å²) in [4.78, 5) is 11.9. The van der Waals surface area contributed by atoms with Crippen LogP contribution in [0.15, 0.2) is 11.6 Å². The van der Waals surface area contributed by atoms with Gasteiger partial charge in [-0.3, -0.25) is 4.79 Å². The minimum Gasteiger partial charge on any atom is -0.377 e. The fraction of sp³-hybridized carbons (Fsp3) is 0.696. The maximum absolute atomic E-state index is 11.9. The zero-order chi connectivity index (χ0) is 17.8. The molecule has 3 saturated carbocycles. The van der Waals surface area contributed by atoms with E-state index in [1.165, 1.54) is 5.57 Å². The molecule has 5 unspecified atom stereocenters. The molecule has 0 aromatic heterocycles. The number of rotatable bonds is 0. The summed E-state index contributed by atoms with van der Waals surface area (Å²) in [6.45, 7) is 4.60. The molecule has 0 heterocycles. The van der Waals surface area contributed by atoms with Crippen LogP contribution in [0.25, 0.3) is 0 Å². The molecule has 1 N–H and O–H groups in total. The van der Waals surface area contributed by atoms with Crippen LogP contribution in [-0.4, -0.2) is 16.5 Å². The summed E-state index contributed by atoms with van der Waals surface area (Å²) in [5.74, 6) is 11.4. The van der Waals surface area contributed by atoms with Gasteiger partial charge in [0.2, 0.25) is 0 Å². The number of hydrogen-bond donors (Lipinski definition) is 1. The van der Waals surface area contributed by atoms with Gasteiger partial charge < -0.3 is 5.11 Å². The average molecular weight is 336 g/mol. The third-order valence-electron chi connectivity index (χ3n) is 8.13. The molecule has 2 nitrogen and oxygen atoms in total. The molecule has 0 aromatic rings. The molecule has 2 heteroatoms. The van der Waals surface area contributed by atoms with E-state index in [1.807, 2.05) is 6.08 Å². The Labute approximate surface area is 151 Å². The number of terminal acetylenes is 1. The van der Waals surface area contributed by atoms with Crippen LogP contribution in [0.2, 0.25) is 0 Å². The van der Waals surface area contributed by atoms with Gasteiger partial charge in [0.25, 0.3) is 0 Å². The molecule has 0 amide bonds. The Morgan fingerprint density at radius 3 is 2.84 bits per heavy atom. The van der Waals surface area contributed by atoms with E-state index in [4.69, 9.17) is 6.42 Å². The van der Waals surface area contributed by atoms with Crippen molar-refractivity contribution in [2.75, 3.05) is 0 Å². The summed E-state index contributed by atoms with van der Waals surface area (Å²) in [6, 6.07) is 0. The van der Waals surface area contributed by atoms with Gasteiger partial charge in [-0.25, -0.2) is 0 Å². The summed E-state index contributed by atoms with van der Waals surface area (Å²) in [6.07, 6.45) is 14.0. The molecular formula is C23H28O2. The number of carbonyl (C=O) groups excluding carboxylic acids is 1. The van der Waals surface area contributed by atoms with Crippen molar-refractivity contribution in [1.82, 2.24) is 0 Å². The van der Waals surface area contributed by atoms with E-state index in [1.54, 1.807) is 0 Å². The fourth-order valence-electron chi connectivity index (χ4n) is 6.95. The van der Waals surface area contributed by atoms with Gasteiger partial charge in [0, 0.05) is 11.8 Å². The minimum atomic E-state index is -0.937. The van der Waals surface area contributed by atoms with Crippen molar-refractivity contribution in [2.45, 2.75) is 64.4 Å². The van der Waals surface area contributed by atoms with Crippen LogP contribution in [0, 0.1) is 59.2 Å². The monoisotopic (exact) mass is 336 g/mol. The van der Waals surface area contributed by atoms with Crippen molar-refractivity contribution in [3.63, 3.8) is 0 Å². The number of ketones is 1. The highest BCUT2D eigenvalue weighted by molar-refractivity contribution is 5.91. The van der Waals surface area contributed by atoms with E-state index < -0.39 is 5.60 Å². The predicted molar refractivity (Wildman–Crippen MR) is 98.2 cm³/mol. The molecule has 0 spiro atoms.